The van der Waals surface area contributed by atoms with Gasteiger partial charge in [-0.25, -0.2) is 0 Å². The molecule has 0 saturated heterocycles. The molecule has 0 amide bonds. The smallest absolute Gasteiger partial charge is 0.173 e. The second-order valence-corrected chi connectivity index (χ2v) is 9.01. The van der Waals surface area contributed by atoms with Crippen molar-refractivity contribution in [3.8, 4) is 34.3 Å². The van der Waals surface area contributed by atoms with E-state index in [0.29, 0.717) is 52.0 Å². The molecule has 6 heteroatoms. The number of hydrogen-bond acceptors (Lipinski definition) is 6. The van der Waals surface area contributed by atoms with E-state index in [2.05, 4.69) is 0 Å². The molecule has 158 valence electrons. The minimum absolute atomic E-state index is 0.0327. The number of aromatic hydroxyl groups is 3. The molecule has 0 fully saturated rings. The summed E-state index contributed by atoms with van der Waals surface area (Å²) in [6, 6.07) is 6.01. The van der Waals surface area contributed by atoms with Crippen LogP contribution in [0.15, 0.2) is 34.8 Å². The maximum absolute atomic E-state index is 11.1. The molecule has 0 saturated carbocycles. The lowest BCUT2D eigenvalue weighted by molar-refractivity contribution is 0.0712. The molecule has 4 N–H and O–H groups in total. The van der Waals surface area contributed by atoms with Gasteiger partial charge in [-0.3, -0.25) is 0 Å². The zero-order valence-electron chi connectivity index (χ0n) is 17.5. The van der Waals surface area contributed by atoms with Gasteiger partial charge in [-0.15, -0.1) is 0 Å². The normalized spacial score (nSPS) is 15.2. The third-order valence-electron chi connectivity index (χ3n) is 5.24. The first-order valence-corrected chi connectivity index (χ1v) is 9.89. The average molecular weight is 410 g/mol. The standard InChI is InChI=1S/C24H26O6/c1-23(2,28)7-5-16-18-12-19(13-9-14(25)11-15(26)10-13)29-21(18)17-6-8-24(3,4)30-22(17)20(16)27/h6,8-12,25-28H,5,7H2,1-4H3. The van der Waals surface area contributed by atoms with Crippen LogP contribution < -0.4 is 4.74 Å². The monoisotopic (exact) mass is 410 g/mol. The van der Waals surface area contributed by atoms with E-state index < -0.39 is 11.2 Å². The number of fused-ring (bicyclic) bond motifs is 3. The number of benzene rings is 2. The molecule has 30 heavy (non-hydrogen) atoms. The SMILES string of the molecule is CC(C)(O)CCc1c(O)c2c(c3oc(-c4cc(O)cc(O)c4)cc13)C=CC(C)(C)O2. The fourth-order valence-corrected chi connectivity index (χ4v) is 3.71. The molecule has 2 aromatic carbocycles. The average Bonchev–Trinajstić information content (AvgIpc) is 3.04. The topological polar surface area (TPSA) is 103 Å². The van der Waals surface area contributed by atoms with E-state index in [1.807, 2.05) is 26.0 Å². The van der Waals surface area contributed by atoms with Gasteiger partial charge in [0.25, 0.3) is 0 Å². The van der Waals surface area contributed by atoms with Gasteiger partial charge in [-0.05, 0) is 70.9 Å². The van der Waals surface area contributed by atoms with E-state index in [-0.39, 0.29) is 17.2 Å². The van der Waals surface area contributed by atoms with Gasteiger partial charge in [0, 0.05) is 22.6 Å². The molecular formula is C24H26O6. The van der Waals surface area contributed by atoms with Crippen molar-refractivity contribution in [2.75, 3.05) is 0 Å². The van der Waals surface area contributed by atoms with Crippen LogP contribution in [0.1, 0.15) is 45.2 Å². The lowest BCUT2D eigenvalue weighted by atomic mass is 9.92. The summed E-state index contributed by atoms with van der Waals surface area (Å²) in [5.74, 6) is 0.655. The highest BCUT2D eigenvalue weighted by Crippen LogP contribution is 2.48. The number of rotatable bonds is 4. The Morgan fingerprint density at radius 2 is 1.67 bits per heavy atom. The number of phenolic OH excluding ortho intramolecular Hbond substituents is 3. The Morgan fingerprint density at radius 1 is 1.00 bits per heavy atom. The zero-order valence-corrected chi connectivity index (χ0v) is 17.5. The number of aryl methyl sites for hydroxylation is 1. The van der Waals surface area contributed by atoms with Gasteiger partial charge in [0.2, 0.25) is 0 Å². The van der Waals surface area contributed by atoms with E-state index >= 15 is 0 Å². The summed E-state index contributed by atoms with van der Waals surface area (Å²) in [6.07, 6.45) is 4.61. The molecular weight excluding hydrogens is 384 g/mol. The number of aliphatic hydroxyl groups is 1. The molecule has 0 bridgehead atoms. The fraction of sp³-hybridized carbons (Fsp3) is 0.333. The van der Waals surface area contributed by atoms with Crippen LogP contribution in [0.25, 0.3) is 28.4 Å². The first kappa shape index (κ1) is 20.2. The molecule has 3 aromatic rings. The maximum Gasteiger partial charge on any atom is 0.173 e. The van der Waals surface area contributed by atoms with Crippen LogP contribution in [0.5, 0.6) is 23.0 Å². The van der Waals surface area contributed by atoms with Crippen LogP contribution in [0.2, 0.25) is 0 Å². The second-order valence-electron chi connectivity index (χ2n) is 9.01. The van der Waals surface area contributed by atoms with Gasteiger partial charge < -0.3 is 29.6 Å². The van der Waals surface area contributed by atoms with Crippen LogP contribution in [-0.2, 0) is 6.42 Å². The molecule has 2 heterocycles. The van der Waals surface area contributed by atoms with E-state index in [0.717, 1.165) is 0 Å². The Labute approximate surface area is 174 Å². The van der Waals surface area contributed by atoms with Crippen LogP contribution in [0.3, 0.4) is 0 Å². The first-order valence-electron chi connectivity index (χ1n) is 9.89. The molecule has 0 atom stereocenters. The highest BCUT2D eigenvalue weighted by atomic mass is 16.5. The van der Waals surface area contributed by atoms with E-state index in [9.17, 15) is 20.4 Å². The Hall–Kier alpha value is -3.12. The van der Waals surface area contributed by atoms with Crippen molar-refractivity contribution in [1.82, 2.24) is 0 Å². The molecule has 1 aromatic heterocycles. The van der Waals surface area contributed by atoms with Crippen LogP contribution in [0, 0.1) is 0 Å². The van der Waals surface area contributed by atoms with Crippen molar-refractivity contribution in [2.24, 2.45) is 0 Å². The van der Waals surface area contributed by atoms with Crippen LogP contribution >= 0.6 is 0 Å². The van der Waals surface area contributed by atoms with Crippen molar-refractivity contribution in [2.45, 2.75) is 51.7 Å². The molecule has 0 unspecified atom stereocenters. The van der Waals surface area contributed by atoms with E-state index in [1.165, 1.54) is 18.2 Å². The van der Waals surface area contributed by atoms with Crippen molar-refractivity contribution in [1.29, 1.82) is 0 Å². The summed E-state index contributed by atoms with van der Waals surface area (Å²) in [7, 11) is 0. The minimum Gasteiger partial charge on any atom is -0.508 e. The second kappa shape index (κ2) is 6.71. The number of hydrogen-bond donors (Lipinski definition) is 4. The Morgan fingerprint density at radius 3 is 2.30 bits per heavy atom. The Balaban J connectivity index is 1.96. The van der Waals surface area contributed by atoms with Gasteiger partial charge in [0.15, 0.2) is 11.5 Å². The van der Waals surface area contributed by atoms with Crippen LogP contribution in [0.4, 0.5) is 0 Å². The van der Waals surface area contributed by atoms with Gasteiger partial charge in [0.05, 0.1) is 11.2 Å². The quantitative estimate of drug-likeness (QED) is 0.477. The van der Waals surface area contributed by atoms with Crippen molar-refractivity contribution < 1.29 is 29.6 Å². The van der Waals surface area contributed by atoms with Crippen molar-refractivity contribution in [3.05, 3.63) is 41.5 Å². The predicted octanol–water partition coefficient (Wildman–Crippen LogP) is 5.10. The fourth-order valence-electron chi connectivity index (χ4n) is 3.71. The zero-order chi connectivity index (χ0) is 21.8. The first-order chi connectivity index (χ1) is 13.9. The molecule has 4 rings (SSSR count). The molecule has 1 aliphatic rings. The lowest BCUT2D eigenvalue weighted by Gasteiger charge is -2.29. The number of furan rings is 1. The van der Waals surface area contributed by atoms with Gasteiger partial charge in [-0.2, -0.15) is 0 Å². The molecule has 0 spiro atoms. The highest BCUT2D eigenvalue weighted by molar-refractivity contribution is 5.97. The lowest BCUT2D eigenvalue weighted by Crippen LogP contribution is -2.27. The Bertz CT molecular complexity index is 1140. The molecule has 0 aliphatic carbocycles. The largest absolute Gasteiger partial charge is 0.508 e. The Kier molecular flexibility index (Phi) is 4.51. The summed E-state index contributed by atoms with van der Waals surface area (Å²) in [5.41, 5.74) is 0.807. The maximum atomic E-state index is 11.1. The summed E-state index contributed by atoms with van der Waals surface area (Å²) in [4.78, 5) is 0. The summed E-state index contributed by atoms with van der Waals surface area (Å²) >= 11 is 0. The summed E-state index contributed by atoms with van der Waals surface area (Å²) < 4.78 is 12.2. The number of phenols is 3. The molecule has 6 nitrogen and oxygen atoms in total. The summed E-state index contributed by atoms with van der Waals surface area (Å²) in [5, 5.41) is 41.7. The third kappa shape index (κ3) is 3.71. The summed E-state index contributed by atoms with van der Waals surface area (Å²) in [6.45, 7) is 7.24. The number of ether oxygens (including phenoxy) is 1. The van der Waals surface area contributed by atoms with Crippen molar-refractivity contribution in [3.63, 3.8) is 0 Å². The molecule has 0 radical (unpaired) electrons. The van der Waals surface area contributed by atoms with Crippen LogP contribution in [-0.4, -0.2) is 31.6 Å². The van der Waals surface area contributed by atoms with E-state index in [4.69, 9.17) is 9.15 Å². The van der Waals surface area contributed by atoms with Gasteiger partial charge in [-0.1, -0.05) is 0 Å². The molecule has 1 aliphatic heterocycles. The predicted molar refractivity (Wildman–Crippen MR) is 115 cm³/mol. The van der Waals surface area contributed by atoms with E-state index in [1.54, 1.807) is 19.9 Å². The third-order valence-corrected chi connectivity index (χ3v) is 5.24. The van der Waals surface area contributed by atoms with Crippen molar-refractivity contribution >= 4 is 17.0 Å². The van der Waals surface area contributed by atoms with Gasteiger partial charge in [0.1, 0.15) is 28.4 Å². The van der Waals surface area contributed by atoms with Gasteiger partial charge >= 0.3 is 0 Å². The highest BCUT2D eigenvalue weighted by Gasteiger charge is 2.30. The minimum atomic E-state index is -0.904.